The van der Waals surface area contributed by atoms with E-state index in [0.717, 1.165) is 44.8 Å². The molecule has 2 rings (SSSR count). The van der Waals surface area contributed by atoms with Crippen LogP contribution in [0.25, 0.3) is 0 Å². The van der Waals surface area contributed by atoms with Gasteiger partial charge < -0.3 is 10.1 Å². The SMILES string of the molecule is C=CCC[C@@H](c1ccccc1OCC)N1CCNCC1.Cl.Cl. The van der Waals surface area contributed by atoms with Gasteiger partial charge in [0.2, 0.25) is 0 Å². The average Bonchev–Trinajstić information content (AvgIpc) is 2.50. The molecular weight excluding hydrogens is 319 g/mol. The number of ether oxygens (including phenoxy) is 1. The fourth-order valence-corrected chi connectivity index (χ4v) is 2.85. The Bertz CT molecular complexity index is 423. The first kappa shape index (κ1) is 21.3. The maximum Gasteiger partial charge on any atom is 0.124 e. The summed E-state index contributed by atoms with van der Waals surface area (Å²) in [4.78, 5) is 2.57. The van der Waals surface area contributed by atoms with Gasteiger partial charge in [-0.2, -0.15) is 0 Å². The van der Waals surface area contributed by atoms with Gasteiger partial charge in [0.1, 0.15) is 5.75 Å². The summed E-state index contributed by atoms with van der Waals surface area (Å²) < 4.78 is 5.82. The summed E-state index contributed by atoms with van der Waals surface area (Å²) in [5, 5.41) is 3.42. The number of para-hydroxylation sites is 1. The van der Waals surface area contributed by atoms with Crippen molar-refractivity contribution in [3.05, 3.63) is 42.5 Å². The van der Waals surface area contributed by atoms with E-state index in [1.54, 1.807) is 0 Å². The lowest BCUT2D eigenvalue weighted by atomic mass is 9.98. The summed E-state index contributed by atoms with van der Waals surface area (Å²) in [6.45, 7) is 11.0. The number of nitrogens with zero attached hydrogens (tertiary/aromatic N) is 1. The van der Waals surface area contributed by atoms with E-state index >= 15 is 0 Å². The van der Waals surface area contributed by atoms with Crippen LogP contribution in [-0.2, 0) is 0 Å². The Hall–Kier alpha value is -0.740. The lowest BCUT2D eigenvalue weighted by Gasteiger charge is -2.35. The minimum absolute atomic E-state index is 0. The fraction of sp³-hybridized carbons (Fsp3) is 0.529. The summed E-state index contributed by atoms with van der Waals surface area (Å²) in [6.07, 6.45) is 4.15. The topological polar surface area (TPSA) is 24.5 Å². The van der Waals surface area contributed by atoms with Gasteiger partial charge in [-0.05, 0) is 25.8 Å². The van der Waals surface area contributed by atoms with Gasteiger partial charge in [-0.15, -0.1) is 31.4 Å². The number of benzene rings is 1. The van der Waals surface area contributed by atoms with Crippen LogP contribution in [0, 0.1) is 0 Å². The molecule has 1 heterocycles. The van der Waals surface area contributed by atoms with Crippen LogP contribution in [0.1, 0.15) is 31.4 Å². The van der Waals surface area contributed by atoms with Gasteiger partial charge in [-0.3, -0.25) is 4.90 Å². The highest BCUT2D eigenvalue weighted by Crippen LogP contribution is 2.33. The van der Waals surface area contributed by atoms with Crippen molar-refractivity contribution in [1.29, 1.82) is 0 Å². The number of piperazine rings is 1. The monoisotopic (exact) mass is 346 g/mol. The molecule has 5 heteroatoms. The lowest BCUT2D eigenvalue weighted by Crippen LogP contribution is -2.45. The van der Waals surface area contributed by atoms with Crippen molar-refractivity contribution in [2.24, 2.45) is 0 Å². The van der Waals surface area contributed by atoms with Gasteiger partial charge in [0.25, 0.3) is 0 Å². The molecule has 1 aliphatic rings. The van der Waals surface area contributed by atoms with E-state index in [1.165, 1.54) is 5.56 Å². The number of hydrogen-bond acceptors (Lipinski definition) is 3. The summed E-state index contributed by atoms with van der Waals surface area (Å²) in [7, 11) is 0. The first-order chi connectivity index (χ1) is 9.86. The van der Waals surface area contributed by atoms with Gasteiger partial charge in [0.05, 0.1) is 6.61 Å². The molecule has 1 fully saturated rings. The van der Waals surface area contributed by atoms with Crippen LogP contribution in [-0.4, -0.2) is 37.7 Å². The van der Waals surface area contributed by atoms with E-state index in [1.807, 2.05) is 13.0 Å². The Balaban J connectivity index is 0.00000220. The van der Waals surface area contributed by atoms with Crippen LogP contribution >= 0.6 is 24.8 Å². The molecule has 0 radical (unpaired) electrons. The zero-order valence-corrected chi connectivity index (χ0v) is 14.9. The Labute approximate surface area is 146 Å². The highest BCUT2D eigenvalue weighted by atomic mass is 35.5. The second-order valence-electron chi connectivity index (χ2n) is 5.14. The molecule has 1 aromatic carbocycles. The molecule has 1 aromatic rings. The van der Waals surface area contributed by atoms with Gasteiger partial charge in [-0.1, -0.05) is 24.3 Å². The lowest BCUT2D eigenvalue weighted by molar-refractivity contribution is 0.162. The van der Waals surface area contributed by atoms with Crippen molar-refractivity contribution >= 4 is 24.8 Å². The molecule has 1 atom stereocenters. The molecule has 126 valence electrons. The van der Waals surface area contributed by atoms with Gasteiger partial charge in [0.15, 0.2) is 0 Å². The van der Waals surface area contributed by atoms with Crippen LogP contribution in [0.5, 0.6) is 5.75 Å². The number of nitrogens with one attached hydrogen (secondary N) is 1. The zero-order chi connectivity index (χ0) is 14.2. The van der Waals surface area contributed by atoms with Crippen molar-refractivity contribution in [3.63, 3.8) is 0 Å². The third kappa shape index (κ3) is 5.81. The number of rotatable bonds is 7. The summed E-state index contributed by atoms with van der Waals surface area (Å²) in [6, 6.07) is 8.89. The highest BCUT2D eigenvalue weighted by Gasteiger charge is 2.23. The molecule has 1 aliphatic heterocycles. The molecule has 0 bridgehead atoms. The quantitative estimate of drug-likeness (QED) is 0.759. The van der Waals surface area contributed by atoms with Crippen molar-refractivity contribution in [3.8, 4) is 5.75 Å². The molecule has 0 aliphatic carbocycles. The molecule has 0 unspecified atom stereocenters. The molecular formula is C17H28Cl2N2O. The maximum absolute atomic E-state index is 5.82. The van der Waals surface area contributed by atoms with E-state index in [4.69, 9.17) is 4.74 Å². The van der Waals surface area contributed by atoms with E-state index in [2.05, 4.69) is 41.1 Å². The second-order valence-corrected chi connectivity index (χ2v) is 5.14. The predicted octanol–water partition coefficient (Wildman–Crippen LogP) is 3.84. The maximum atomic E-state index is 5.82. The molecule has 0 amide bonds. The Kier molecular flexibility index (Phi) is 11.4. The van der Waals surface area contributed by atoms with Crippen LogP contribution in [0.3, 0.4) is 0 Å². The molecule has 22 heavy (non-hydrogen) atoms. The Morgan fingerprint density at radius 2 is 1.95 bits per heavy atom. The number of allylic oxidation sites excluding steroid dienone is 1. The van der Waals surface area contributed by atoms with Gasteiger partial charge >= 0.3 is 0 Å². The standard InChI is InChI=1S/C17H26N2O.2ClH/c1-3-5-9-16(19-13-11-18-12-14-19)15-8-6-7-10-17(15)20-4-2;;/h3,6-8,10,16,18H,1,4-5,9,11-14H2,2H3;2*1H/t16-;;/m0../s1. The first-order valence-electron chi connectivity index (χ1n) is 7.64. The Morgan fingerprint density at radius 3 is 2.59 bits per heavy atom. The average molecular weight is 347 g/mol. The third-order valence-electron chi connectivity index (χ3n) is 3.81. The highest BCUT2D eigenvalue weighted by molar-refractivity contribution is 5.85. The fourth-order valence-electron chi connectivity index (χ4n) is 2.85. The molecule has 3 nitrogen and oxygen atoms in total. The van der Waals surface area contributed by atoms with Crippen molar-refractivity contribution in [2.75, 3.05) is 32.8 Å². The summed E-state index contributed by atoms with van der Waals surface area (Å²) in [5.41, 5.74) is 1.32. The van der Waals surface area contributed by atoms with Crippen LogP contribution < -0.4 is 10.1 Å². The van der Waals surface area contributed by atoms with Gasteiger partial charge in [0, 0.05) is 37.8 Å². The Morgan fingerprint density at radius 1 is 1.27 bits per heavy atom. The third-order valence-corrected chi connectivity index (χ3v) is 3.81. The van der Waals surface area contributed by atoms with E-state index < -0.39 is 0 Å². The van der Waals surface area contributed by atoms with Gasteiger partial charge in [-0.25, -0.2) is 0 Å². The van der Waals surface area contributed by atoms with Crippen molar-refractivity contribution < 1.29 is 4.74 Å². The number of hydrogen-bond donors (Lipinski definition) is 1. The van der Waals surface area contributed by atoms with Crippen LogP contribution in [0.2, 0.25) is 0 Å². The molecule has 0 spiro atoms. The smallest absolute Gasteiger partial charge is 0.124 e. The largest absolute Gasteiger partial charge is 0.494 e. The normalized spacial score (nSPS) is 16.0. The minimum atomic E-state index is 0. The van der Waals surface area contributed by atoms with Crippen molar-refractivity contribution in [1.82, 2.24) is 10.2 Å². The van der Waals surface area contributed by atoms with E-state index in [9.17, 15) is 0 Å². The van der Waals surface area contributed by atoms with E-state index in [-0.39, 0.29) is 24.8 Å². The minimum Gasteiger partial charge on any atom is -0.494 e. The molecule has 0 aromatic heterocycles. The predicted molar refractivity (Wildman–Crippen MR) is 98.7 cm³/mol. The van der Waals surface area contributed by atoms with Crippen molar-refractivity contribution in [2.45, 2.75) is 25.8 Å². The zero-order valence-electron chi connectivity index (χ0n) is 13.3. The first-order valence-corrected chi connectivity index (χ1v) is 7.64. The van der Waals surface area contributed by atoms with Crippen LogP contribution in [0.15, 0.2) is 36.9 Å². The summed E-state index contributed by atoms with van der Waals surface area (Å²) >= 11 is 0. The molecule has 1 N–H and O–H groups in total. The number of halogens is 2. The summed E-state index contributed by atoms with van der Waals surface area (Å²) in [5.74, 6) is 1.03. The molecule has 0 saturated carbocycles. The second kappa shape index (κ2) is 11.8. The van der Waals surface area contributed by atoms with Crippen LogP contribution in [0.4, 0.5) is 0 Å². The van der Waals surface area contributed by atoms with E-state index in [0.29, 0.717) is 12.6 Å². The molecule has 1 saturated heterocycles.